The summed E-state index contributed by atoms with van der Waals surface area (Å²) < 4.78 is 0.997. The molecule has 0 radical (unpaired) electrons. The van der Waals surface area contributed by atoms with Gasteiger partial charge in [0.1, 0.15) is 5.54 Å². The van der Waals surface area contributed by atoms with Crippen molar-refractivity contribution in [3.8, 4) is 0 Å². The predicted octanol–water partition coefficient (Wildman–Crippen LogP) is 8.64. The number of hydrogen-bond acceptors (Lipinski definition) is 3. The SMILES string of the molecule is CC(C)c1cccc(C(C)C)c1NC(=O)NC1(C(=O)NCC2(c3ccccn3)CCCCC2)CCc2[nH]c3cc(Br)ccc3c2C1. The number of H-pyrrole nitrogens is 1. The summed E-state index contributed by atoms with van der Waals surface area (Å²) in [7, 11) is 0. The number of pyridine rings is 1. The topological polar surface area (TPSA) is 98.9 Å². The van der Waals surface area contributed by atoms with Crippen LogP contribution < -0.4 is 16.0 Å². The van der Waals surface area contributed by atoms with Crippen molar-refractivity contribution >= 4 is 44.5 Å². The lowest BCUT2D eigenvalue weighted by atomic mass is 9.71. The monoisotopic (exact) mass is 683 g/mol. The van der Waals surface area contributed by atoms with Crippen molar-refractivity contribution in [3.05, 3.63) is 93.3 Å². The average molecular weight is 685 g/mol. The van der Waals surface area contributed by atoms with Crippen LogP contribution in [0.1, 0.15) is 106 Å². The second-order valence-electron chi connectivity index (χ2n) is 14.0. The molecule has 2 aromatic heterocycles. The number of benzene rings is 2. The summed E-state index contributed by atoms with van der Waals surface area (Å²) >= 11 is 3.60. The molecular weight excluding hydrogens is 638 g/mol. The lowest BCUT2D eigenvalue weighted by molar-refractivity contribution is -0.128. The van der Waals surface area contributed by atoms with Gasteiger partial charge in [-0.2, -0.15) is 0 Å². The molecule has 1 fully saturated rings. The first-order chi connectivity index (χ1) is 22.1. The molecule has 242 valence electrons. The summed E-state index contributed by atoms with van der Waals surface area (Å²) in [5.74, 6) is 0.321. The molecule has 2 heterocycles. The Balaban J connectivity index is 1.33. The highest BCUT2D eigenvalue weighted by atomic mass is 79.9. The second kappa shape index (κ2) is 13.2. The van der Waals surface area contributed by atoms with Crippen molar-refractivity contribution in [3.63, 3.8) is 0 Å². The van der Waals surface area contributed by atoms with Gasteiger partial charge in [-0.25, -0.2) is 4.79 Å². The van der Waals surface area contributed by atoms with Gasteiger partial charge in [-0.15, -0.1) is 0 Å². The summed E-state index contributed by atoms with van der Waals surface area (Å²) in [6, 6.07) is 18.1. The van der Waals surface area contributed by atoms with E-state index in [1.807, 2.05) is 24.4 Å². The van der Waals surface area contributed by atoms with Crippen LogP contribution >= 0.6 is 15.9 Å². The first-order valence-corrected chi connectivity index (χ1v) is 17.6. The predicted molar refractivity (Wildman–Crippen MR) is 190 cm³/mol. The van der Waals surface area contributed by atoms with E-state index in [2.05, 4.69) is 101 Å². The highest BCUT2D eigenvalue weighted by Gasteiger charge is 2.45. The van der Waals surface area contributed by atoms with Crippen molar-refractivity contribution in [2.45, 2.75) is 102 Å². The Hall–Kier alpha value is -3.65. The number of urea groups is 1. The molecule has 2 aliphatic carbocycles. The molecule has 7 nitrogen and oxygen atoms in total. The summed E-state index contributed by atoms with van der Waals surface area (Å²) in [4.78, 5) is 37.0. The maximum atomic E-state index is 14.6. The van der Waals surface area contributed by atoms with E-state index >= 15 is 0 Å². The number of aryl methyl sites for hydroxylation is 1. The number of amides is 3. The van der Waals surface area contributed by atoms with E-state index in [1.165, 1.54) is 6.42 Å². The third-order valence-corrected chi connectivity index (χ3v) is 10.7. The number of halogens is 1. The number of para-hydroxylation sites is 1. The molecule has 4 N–H and O–H groups in total. The Bertz CT molecular complexity index is 1700. The fraction of sp³-hybridized carbons (Fsp3) is 0.447. The largest absolute Gasteiger partial charge is 0.358 e. The van der Waals surface area contributed by atoms with E-state index in [4.69, 9.17) is 4.98 Å². The van der Waals surface area contributed by atoms with Gasteiger partial charge in [0, 0.05) is 57.0 Å². The normalized spacial score (nSPS) is 19.2. The minimum absolute atomic E-state index is 0.137. The molecule has 0 saturated heterocycles. The summed E-state index contributed by atoms with van der Waals surface area (Å²) in [6.45, 7) is 9.04. The molecule has 2 aliphatic rings. The van der Waals surface area contributed by atoms with Gasteiger partial charge in [-0.3, -0.25) is 9.78 Å². The molecular formula is C38H46BrN5O2. The van der Waals surface area contributed by atoms with Crippen molar-refractivity contribution in [2.75, 3.05) is 11.9 Å². The zero-order chi connectivity index (χ0) is 32.5. The molecule has 4 aromatic rings. The maximum absolute atomic E-state index is 14.6. The van der Waals surface area contributed by atoms with Gasteiger partial charge in [0.05, 0.1) is 0 Å². The highest BCUT2D eigenvalue weighted by molar-refractivity contribution is 9.10. The molecule has 0 bridgehead atoms. The Morgan fingerprint density at radius 2 is 1.67 bits per heavy atom. The first-order valence-electron chi connectivity index (χ1n) is 16.8. The minimum atomic E-state index is -1.12. The summed E-state index contributed by atoms with van der Waals surface area (Å²) in [5.41, 5.74) is 5.96. The van der Waals surface area contributed by atoms with Crippen LogP contribution in [0.4, 0.5) is 10.5 Å². The standard InChI is InChI=1S/C38H46BrN5O2/c1-24(2)27-11-10-12-28(25(3)4)34(27)43-36(46)44-38(19-16-31-30(22-38)29-15-14-26(39)21-32(29)42-31)35(45)41-23-37(17-7-5-8-18-37)33-13-6-9-20-40-33/h6,9-15,20-21,24-25,42H,5,7-8,16-19,22-23H2,1-4H3,(H,41,45)(H2,43,44,46). The number of aromatic amines is 1. The van der Waals surface area contributed by atoms with Crippen LogP contribution in [0.3, 0.4) is 0 Å². The quantitative estimate of drug-likeness (QED) is 0.150. The average Bonchev–Trinajstić information content (AvgIpc) is 3.40. The van der Waals surface area contributed by atoms with Crippen molar-refractivity contribution in [2.24, 2.45) is 0 Å². The molecule has 2 aromatic carbocycles. The van der Waals surface area contributed by atoms with Crippen molar-refractivity contribution in [1.29, 1.82) is 0 Å². The van der Waals surface area contributed by atoms with Gasteiger partial charge in [0.2, 0.25) is 5.91 Å². The van der Waals surface area contributed by atoms with Crippen LogP contribution in [0.5, 0.6) is 0 Å². The van der Waals surface area contributed by atoms with E-state index in [-0.39, 0.29) is 29.2 Å². The summed E-state index contributed by atoms with van der Waals surface area (Å²) in [6.07, 6.45) is 8.78. The number of aromatic nitrogens is 2. The second-order valence-corrected chi connectivity index (χ2v) is 14.9. The summed E-state index contributed by atoms with van der Waals surface area (Å²) in [5, 5.41) is 10.9. The highest BCUT2D eigenvalue weighted by Crippen LogP contribution is 2.40. The Morgan fingerprint density at radius 3 is 2.35 bits per heavy atom. The molecule has 0 aliphatic heterocycles. The molecule has 1 unspecified atom stereocenters. The molecule has 1 saturated carbocycles. The van der Waals surface area contributed by atoms with E-state index in [9.17, 15) is 9.59 Å². The smallest absolute Gasteiger partial charge is 0.320 e. The van der Waals surface area contributed by atoms with Crippen molar-refractivity contribution < 1.29 is 9.59 Å². The number of nitrogens with one attached hydrogen (secondary N) is 4. The van der Waals surface area contributed by atoms with Crippen LogP contribution in [0.2, 0.25) is 0 Å². The van der Waals surface area contributed by atoms with Crippen LogP contribution in [-0.4, -0.2) is 34.0 Å². The Kier molecular flexibility index (Phi) is 9.28. The third-order valence-electron chi connectivity index (χ3n) is 10.2. The number of fused-ring (bicyclic) bond motifs is 3. The zero-order valence-corrected chi connectivity index (χ0v) is 29.0. The molecule has 6 rings (SSSR count). The Labute approximate surface area is 280 Å². The number of rotatable bonds is 8. The third kappa shape index (κ3) is 6.33. The molecule has 0 spiro atoms. The van der Waals surface area contributed by atoms with E-state index in [0.29, 0.717) is 25.8 Å². The van der Waals surface area contributed by atoms with E-state index in [0.717, 1.165) is 74.8 Å². The van der Waals surface area contributed by atoms with E-state index < -0.39 is 5.54 Å². The van der Waals surface area contributed by atoms with Gasteiger partial charge >= 0.3 is 6.03 Å². The number of anilines is 1. The van der Waals surface area contributed by atoms with Gasteiger partial charge in [-0.05, 0) is 78.5 Å². The molecule has 46 heavy (non-hydrogen) atoms. The van der Waals surface area contributed by atoms with Crippen LogP contribution in [0, 0.1) is 0 Å². The molecule has 3 amide bonds. The number of carbonyl (C=O) groups is 2. The Morgan fingerprint density at radius 1 is 0.935 bits per heavy atom. The molecule has 8 heteroatoms. The maximum Gasteiger partial charge on any atom is 0.320 e. The number of hydrogen-bond donors (Lipinski definition) is 4. The first kappa shape index (κ1) is 32.3. The fourth-order valence-electron chi connectivity index (χ4n) is 7.69. The van der Waals surface area contributed by atoms with Gasteiger partial charge in [-0.1, -0.05) is 93.2 Å². The van der Waals surface area contributed by atoms with Crippen LogP contribution in [-0.2, 0) is 23.1 Å². The van der Waals surface area contributed by atoms with Crippen molar-refractivity contribution in [1.82, 2.24) is 20.6 Å². The lowest BCUT2D eigenvalue weighted by Crippen LogP contribution is -2.63. The van der Waals surface area contributed by atoms with E-state index in [1.54, 1.807) is 0 Å². The van der Waals surface area contributed by atoms with Gasteiger partial charge < -0.3 is 20.9 Å². The lowest BCUT2D eigenvalue weighted by Gasteiger charge is -2.40. The van der Waals surface area contributed by atoms with Crippen LogP contribution in [0.15, 0.2) is 65.3 Å². The fourth-order valence-corrected chi connectivity index (χ4v) is 8.05. The van der Waals surface area contributed by atoms with Gasteiger partial charge in [0.15, 0.2) is 0 Å². The number of nitrogens with zero attached hydrogens (tertiary/aromatic N) is 1. The van der Waals surface area contributed by atoms with Crippen LogP contribution in [0.25, 0.3) is 10.9 Å². The minimum Gasteiger partial charge on any atom is -0.358 e. The van der Waals surface area contributed by atoms with Gasteiger partial charge in [0.25, 0.3) is 0 Å². The number of carbonyl (C=O) groups excluding carboxylic acids is 2. The molecule has 1 atom stereocenters. The zero-order valence-electron chi connectivity index (χ0n) is 27.4.